The zero-order valence-corrected chi connectivity index (χ0v) is 19.1. The molecule has 3 aromatic rings. The van der Waals surface area contributed by atoms with Crippen LogP contribution in [0.4, 0.5) is 16.2 Å². The highest BCUT2D eigenvalue weighted by molar-refractivity contribution is 6.30. The first kappa shape index (κ1) is 22.8. The predicted molar refractivity (Wildman–Crippen MR) is 131 cm³/mol. The summed E-state index contributed by atoms with van der Waals surface area (Å²) in [4.78, 5) is 29.5. The molecule has 170 valence electrons. The molecule has 6 nitrogen and oxygen atoms in total. The van der Waals surface area contributed by atoms with Gasteiger partial charge < -0.3 is 15.3 Å². The van der Waals surface area contributed by atoms with Crippen LogP contribution in [-0.4, -0.2) is 35.0 Å². The monoisotopic (exact) mass is 463 g/mol. The number of halogens is 1. The second-order valence-corrected chi connectivity index (χ2v) is 8.58. The van der Waals surface area contributed by atoms with Gasteiger partial charge in [-0.05, 0) is 66.9 Å². The van der Waals surface area contributed by atoms with Gasteiger partial charge in [-0.3, -0.25) is 9.69 Å². The zero-order valence-electron chi connectivity index (χ0n) is 18.4. The second kappa shape index (κ2) is 10.1. The van der Waals surface area contributed by atoms with Crippen molar-refractivity contribution in [3.05, 3.63) is 94.5 Å². The van der Waals surface area contributed by atoms with Gasteiger partial charge >= 0.3 is 6.03 Å². The number of urea groups is 1. The van der Waals surface area contributed by atoms with Crippen molar-refractivity contribution in [3.8, 4) is 0 Å². The molecule has 3 amide bonds. The lowest BCUT2D eigenvalue weighted by Gasteiger charge is -2.35. The van der Waals surface area contributed by atoms with Crippen LogP contribution in [0.15, 0.2) is 72.8 Å². The van der Waals surface area contributed by atoms with E-state index in [1.54, 1.807) is 59.2 Å². The van der Waals surface area contributed by atoms with Crippen molar-refractivity contribution in [1.82, 2.24) is 4.90 Å². The first-order chi connectivity index (χ1) is 15.9. The molecule has 0 bridgehead atoms. The topological polar surface area (TPSA) is 72.9 Å². The molecule has 0 aromatic heterocycles. The highest BCUT2D eigenvalue weighted by Crippen LogP contribution is 2.24. The molecule has 1 fully saturated rings. The lowest BCUT2D eigenvalue weighted by atomic mass is 10.1. The Morgan fingerprint density at radius 3 is 2.58 bits per heavy atom. The van der Waals surface area contributed by atoms with Gasteiger partial charge in [-0.2, -0.15) is 0 Å². The number of nitrogens with zero attached hydrogens (tertiary/aromatic N) is 2. The van der Waals surface area contributed by atoms with Gasteiger partial charge in [0.1, 0.15) is 0 Å². The summed E-state index contributed by atoms with van der Waals surface area (Å²) in [7, 11) is 0. The standard InChI is InChI=1S/C26H26ClN3O3/c1-18(31)20-5-2-7-23(15-20)28-25(32)21-6-3-8-24(16-21)30-14-4-13-29(26(30)33)17-19-9-11-22(27)12-10-19/h2-3,5-12,15-16,18,31H,4,13-14,17H2,1H3,(H,28,32)/t18-/m0/s1. The van der Waals surface area contributed by atoms with Crippen LogP contribution in [0.3, 0.4) is 0 Å². The molecule has 1 aliphatic heterocycles. The molecule has 33 heavy (non-hydrogen) atoms. The maximum atomic E-state index is 13.2. The van der Waals surface area contributed by atoms with Crippen LogP contribution in [0.2, 0.25) is 5.02 Å². The second-order valence-electron chi connectivity index (χ2n) is 8.14. The summed E-state index contributed by atoms with van der Waals surface area (Å²) in [5.74, 6) is -0.276. The van der Waals surface area contributed by atoms with Crippen LogP contribution >= 0.6 is 11.6 Å². The molecule has 0 radical (unpaired) electrons. The molecule has 1 heterocycles. The zero-order chi connectivity index (χ0) is 23.4. The van der Waals surface area contributed by atoms with E-state index in [0.29, 0.717) is 41.6 Å². The number of benzene rings is 3. The SMILES string of the molecule is C[C@H](O)c1cccc(NC(=O)c2cccc(N3CCCN(Cc4ccc(Cl)cc4)C3=O)c2)c1. The molecule has 4 rings (SSSR count). The quantitative estimate of drug-likeness (QED) is 0.508. The molecule has 0 spiro atoms. The van der Waals surface area contributed by atoms with Crippen molar-refractivity contribution >= 4 is 34.9 Å². The van der Waals surface area contributed by atoms with Crippen molar-refractivity contribution in [2.75, 3.05) is 23.3 Å². The van der Waals surface area contributed by atoms with Crippen LogP contribution in [-0.2, 0) is 6.54 Å². The molecule has 0 unspecified atom stereocenters. The van der Waals surface area contributed by atoms with Crippen molar-refractivity contribution in [1.29, 1.82) is 0 Å². The molecular formula is C26H26ClN3O3. The van der Waals surface area contributed by atoms with Gasteiger partial charge in [-0.15, -0.1) is 0 Å². The third kappa shape index (κ3) is 5.53. The van der Waals surface area contributed by atoms with Crippen LogP contribution < -0.4 is 10.2 Å². The van der Waals surface area contributed by atoms with E-state index < -0.39 is 6.10 Å². The van der Waals surface area contributed by atoms with Gasteiger partial charge in [-0.25, -0.2) is 4.79 Å². The number of carbonyl (C=O) groups excluding carboxylic acids is 2. The number of hydrogen-bond acceptors (Lipinski definition) is 3. The number of carbonyl (C=O) groups is 2. The summed E-state index contributed by atoms with van der Waals surface area (Å²) in [5, 5.41) is 13.3. The van der Waals surface area contributed by atoms with Crippen molar-refractivity contribution in [2.45, 2.75) is 26.0 Å². The molecule has 1 aliphatic rings. The Morgan fingerprint density at radius 2 is 1.82 bits per heavy atom. The average molecular weight is 464 g/mol. The fourth-order valence-electron chi connectivity index (χ4n) is 3.87. The van der Waals surface area contributed by atoms with Crippen molar-refractivity contribution in [2.24, 2.45) is 0 Å². The van der Waals surface area contributed by atoms with E-state index in [1.165, 1.54) is 0 Å². The van der Waals surface area contributed by atoms with Gasteiger partial charge in [-0.1, -0.05) is 41.9 Å². The number of aliphatic hydroxyl groups excluding tert-OH is 1. The molecule has 1 saturated heterocycles. The number of hydrogen-bond donors (Lipinski definition) is 2. The van der Waals surface area contributed by atoms with Gasteiger partial charge in [0.05, 0.1) is 6.10 Å². The Morgan fingerprint density at radius 1 is 1.06 bits per heavy atom. The summed E-state index contributed by atoms with van der Waals surface area (Å²) >= 11 is 5.97. The summed E-state index contributed by atoms with van der Waals surface area (Å²) in [6, 6.07) is 21.6. The highest BCUT2D eigenvalue weighted by atomic mass is 35.5. The molecule has 2 N–H and O–H groups in total. The Balaban J connectivity index is 1.48. The number of nitrogens with one attached hydrogen (secondary N) is 1. The van der Waals surface area contributed by atoms with E-state index in [-0.39, 0.29) is 11.9 Å². The predicted octanol–water partition coefficient (Wildman–Crippen LogP) is 5.48. The number of anilines is 2. The molecule has 0 aliphatic carbocycles. The molecule has 0 saturated carbocycles. The minimum Gasteiger partial charge on any atom is -0.389 e. The Labute approximate surface area is 198 Å². The Kier molecular flexibility index (Phi) is 6.96. The van der Waals surface area contributed by atoms with E-state index in [9.17, 15) is 14.7 Å². The summed E-state index contributed by atoms with van der Waals surface area (Å²) in [5.41, 5.74) is 3.49. The number of rotatable bonds is 6. The number of aliphatic hydroxyl groups is 1. The first-order valence-electron chi connectivity index (χ1n) is 10.9. The van der Waals surface area contributed by atoms with Crippen LogP contribution in [0.5, 0.6) is 0 Å². The average Bonchev–Trinajstić information content (AvgIpc) is 2.82. The largest absolute Gasteiger partial charge is 0.389 e. The minimum absolute atomic E-state index is 0.0848. The van der Waals surface area contributed by atoms with Gasteiger partial charge in [0.25, 0.3) is 5.91 Å². The van der Waals surface area contributed by atoms with Gasteiger partial charge in [0, 0.05) is 41.6 Å². The highest BCUT2D eigenvalue weighted by Gasteiger charge is 2.27. The van der Waals surface area contributed by atoms with E-state index in [0.717, 1.165) is 17.5 Å². The van der Waals surface area contributed by atoms with Crippen LogP contribution in [0.1, 0.15) is 40.9 Å². The molecule has 7 heteroatoms. The lowest BCUT2D eigenvalue weighted by molar-refractivity contribution is 0.102. The Hall–Kier alpha value is -3.35. The third-order valence-corrected chi connectivity index (χ3v) is 5.90. The van der Waals surface area contributed by atoms with E-state index in [2.05, 4.69) is 5.32 Å². The normalized spacial score (nSPS) is 14.8. The Bertz CT molecular complexity index is 1150. The van der Waals surface area contributed by atoms with E-state index in [4.69, 9.17) is 11.6 Å². The van der Waals surface area contributed by atoms with Crippen molar-refractivity contribution < 1.29 is 14.7 Å². The van der Waals surface area contributed by atoms with Crippen LogP contribution in [0, 0.1) is 0 Å². The number of amides is 3. The smallest absolute Gasteiger partial charge is 0.324 e. The van der Waals surface area contributed by atoms with E-state index >= 15 is 0 Å². The summed E-state index contributed by atoms with van der Waals surface area (Å²) in [6.45, 7) is 3.46. The first-order valence-corrected chi connectivity index (χ1v) is 11.3. The fraction of sp³-hybridized carbons (Fsp3) is 0.231. The van der Waals surface area contributed by atoms with Gasteiger partial charge in [0.15, 0.2) is 0 Å². The fourth-order valence-corrected chi connectivity index (χ4v) is 4.00. The molecular weight excluding hydrogens is 438 g/mol. The molecule has 1 atom stereocenters. The van der Waals surface area contributed by atoms with Crippen LogP contribution in [0.25, 0.3) is 0 Å². The van der Waals surface area contributed by atoms with E-state index in [1.807, 2.05) is 30.3 Å². The van der Waals surface area contributed by atoms with Gasteiger partial charge in [0.2, 0.25) is 0 Å². The maximum absolute atomic E-state index is 13.2. The van der Waals surface area contributed by atoms with Crippen molar-refractivity contribution in [3.63, 3.8) is 0 Å². The molecule has 3 aromatic carbocycles. The third-order valence-electron chi connectivity index (χ3n) is 5.64. The summed E-state index contributed by atoms with van der Waals surface area (Å²) < 4.78 is 0. The minimum atomic E-state index is -0.619. The maximum Gasteiger partial charge on any atom is 0.324 e. The summed E-state index contributed by atoms with van der Waals surface area (Å²) in [6.07, 6.45) is 0.216. The lowest BCUT2D eigenvalue weighted by Crippen LogP contribution is -2.49.